The second-order valence-electron chi connectivity index (χ2n) is 6.97. The number of benzene rings is 2. The van der Waals surface area contributed by atoms with Crippen LogP contribution in [-0.4, -0.2) is 33.4 Å². The number of amides is 1. The summed E-state index contributed by atoms with van der Waals surface area (Å²) in [6.45, 7) is 4.40. The molecule has 5 heteroatoms. The predicted molar refractivity (Wildman–Crippen MR) is 103 cm³/mol. The summed E-state index contributed by atoms with van der Waals surface area (Å²) in [6.07, 6.45) is 1.90. The summed E-state index contributed by atoms with van der Waals surface area (Å²) in [6, 6.07) is 19.1. The molecule has 3 aromatic rings. The van der Waals surface area contributed by atoms with E-state index in [4.69, 9.17) is 5.26 Å². The van der Waals surface area contributed by atoms with E-state index in [1.165, 1.54) is 0 Å². The van der Waals surface area contributed by atoms with Crippen molar-refractivity contribution in [3.05, 3.63) is 77.6 Å². The van der Waals surface area contributed by atoms with Crippen molar-refractivity contribution in [1.82, 2.24) is 14.5 Å². The molecule has 27 heavy (non-hydrogen) atoms. The van der Waals surface area contributed by atoms with E-state index < -0.39 is 0 Å². The quantitative estimate of drug-likeness (QED) is 0.719. The summed E-state index contributed by atoms with van der Waals surface area (Å²) >= 11 is 0. The summed E-state index contributed by atoms with van der Waals surface area (Å²) in [5.74, 6) is 1.43. The minimum absolute atomic E-state index is 0.0291. The van der Waals surface area contributed by atoms with E-state index in [-0.39, 0.29) is 5.91 Å². The first-order chi connectivity index (χ1) is 13.2. The Morgan fingerprint density at radius 2 is 1.85 bits per heavy atom. The van der Waals surface area contributed by atoms with Gasteiger partial charge in [0.25, 0.3) is 5.91 Å². The molecule has 0 bridgehead atoms. The van der Waals surface area contributed by atoms with E-state index in [1.807, 2.05) is 29.3 Å². The van der Waals surface area contributed by atoms with Gasteiger partial charge >= 0.3 is 0 Å². The minimum Gasteiger partial charge on any atom is -0.338 e. The Morgan fingerprint density at radius 3 is 2.52 bits per heavy atom. The molecule has 2 heterocycles. The van der Waals surface area contributed by atoms with Crippen LogP contribution >= 0.6 is 0 Å². The van der Waals surface area contributed by atoms with Crippen LogP contribution in [0, 0.1) is 24.2 Å². The lowest BCUT2D eigenvalue weighted by Crippen LogP contribution is -2.51. The van der Waals surface area contributed by atoms with Gasteiger partial charge in [-0.15, -0.1) is 0 Å². The maximum Gasteiger partial charge on any atom is 0.253 e. The molecule has 0 radical (unpaired) electrons. The molecule has 1 aromatic heterocycles. The highest BCUT2D eigenvalue weighted by Crippen LogP contribution is 2.25. The number of carbonyl (C=O) groups is 1. The lowest BCUT2D eigenvalue weighted by Gasteiger charge is -2.40. The van der Waals surface area contributed by atoms with Gasteiger partial charge in [0, 0.05) is 48.6 Å². The molecule has 5 nitrogen and oxygen atoms in total. The topological polar surface area (TPSA) is 61.9 Å². The zero-order chi connectivity index (χ0) is 18.8. The fraction of sp³-hybridized carbons (Fsp3) is 0.227. The van der Waals surface area contributed by atoms with E-state index in [9.17, 15) is 4.79 Å². The molecule has 1 aliphatic rings. The van der Waals surface area contributed by atoms with Gasteiger partial charge in [0.05, 0.1) is 11.6 Å². The van der Waals surface area contributed by atoms with Gasteiger partial charge in [-0.1, -0.05) is 30.3 Å². The summed E-state index contributed by atoms with van der Waals surface area (Å²) in [5, 5.41) is 8.87. The fourth-order valence-corrected chi connectivity index (χ4v) is 3.49. The zero-order valence-electron chi connectivity index (χ0n) is 15.2. The second kappa shape index (κ2) is 7.08. The molecule has 1 saturated heterocycles. The Morgan fingerprint density at radius 1 is 1.15 bits per heavy atom. The van der Waals surface area contributed by atoms with Gasteiger partial charge in [-0.2, -0.15) is 5.26 Å². The van der Waals surface area contributed by atoms with Gasteiger partial charge < -0.3 is 9.47 Å². The number of hydrogen-bond acceptors (Lipinski definition) is 3. The zero-order valence-corrected chi connectivity index (χ0v) is 15.2. The molecule has 0 unspecified atom stereocenters. The van der Waals surface area contributed by atoms with Crippen molar-refractivity contribution in [3.63, 3.8) is 0 Å². The maximum atomic E-state index is 12.6. The Balaban J connectivity index is 1.42. The highest BCUT2D eigenvalue weighted by atomic mass is 16.2. The van der Waals surface area contributed by atoms with Crippen molar-refractivity contribution >= 4 is 5.91 Å². The van der Waals surface area contributed by atoms with Crippen LogP contribution in [0.15, 0.2) is 60.8 Å². The number of carbonyl (C=O) groups excluding carboxylic acids is 1. The summed E-state index contributed by atoms with van der Waals surface area (Å²) in [5.41, 5.74) is 3.44. The maximum absolute atomic E-state index is 12.6. The fourth-order valence-electron chi connectivity index (χ4n) is 3.49. The van der Waals surface area contributed by atoms with Crippen molar-refractivity contribution in [3.8, 4) is 17.5 Å². The first-order valence-corrected chi connectivity index (χ1v) is 9.02. The Bertz CT molecular complexity index is 993. The van der Waals surface area contributed by atoms with Crippen molar-refractivity contribution in [2.75, 3.05) is 13.1 Å². The third kappa shape index (κ3) is 3.34. The minimum atomic E-state index is 0.0291. The summed E-state index contributed by atoms with van der Waals surface area (Å²) in [4.78, 5) is 19.0. The molecular weight excluding hydrogens is 336 g/mol. The largest absolute Gasteiger partial charge is 0.338 e. The molecule has 0 N–H and O–H groups in total. The molecule has 0 spiro atoms. The number of aromatic nitrogens is 2. The number of nitrogens with zero attached hydrogens (tertiary/aromatic N) is 4. The number of nitriles is 1. The molecule has 0 atom stereocenters. The number of imidazole rings is 1. The standard InChI is InChI=1S/C22H20N4O/c1-16-12-24-21(19-5-3-2-4-6-19)26(16)15-18-13-25(14-18)22(27)20-9-7-17(11-23)8-10-20/h2-10,12,18H,13-15H2,1H3. The lowest BCUT2D eigenvalue weighted by atomic mass is 9.98. The van der Waals surface area contributed by atoms with Crippen LogP contribution in [-0.2, 0) is 6.54 Å². The molecule has 2 aromatic carbocycles. The first kappa shape index (κ1) is 17.0. The van der Waals surface area contributed by atoms with Gasteiger partial charge in [0.2, 0.25) is 0 Å². The number of aryl methyl sites for hydroxylation is 1. The van der Waals surface area contributed by atoms with E-state index in [2.05, 4.69) is 34.7 Å². The van der Waals surface area contributed by atoms with Gasteiger partial charge in [0.1, 0.15) is 5.82 Å². The third-order valence-electron chi connectivity index (χ3n) is 5.03. The molecule has 0 saturated carbocycles. The number of likely N-dealkylation sites (tertiary alicyclic amines) is 1. The van der Waals surface area contributed by atoms with Crippen molar-refractivity contribution < 1.29 is 4.79 Å². The van der Waals surface area contributed by atoms with E-state index in [0.29, 0.717) is 17.0 Å². The monoisotopic (exact) mass is 356 g/mol. The third-order valence-corrected chi connectivity index (χ3v) is 5.03. The molecule has 0 aliphatic carbocycles. The van der Waals surface area contributed by atoms with Gasteiger partial charge in [-0.25, -0.2) is 4.98 Å². The first-order valence-electron chi connectivity index (χ1n) is 9.02. The molecule has 134 valence electrons. The number of hydrogen-bond donors (Lipinski definition) is 0. The van der Waals surface area contributed by atoms with Crippen LogP contribution in [0.25, 0.3) is 11.4 Å². The SMILES string of the molecule is Cc1cnc(-c2ccccc2)n1CC1CN(C(=O)c2ccc(C#N)cc2)C1. The highest BCUT2D eigenvalue weighted by Gasteiger charge is 2.32. The molecule has 4 rings (SSSR count). The lowest BCUT2D eigenvalue weighted by molar-refractivity contribution is 0.0469. The van der Waals surface area contributed by atoms with Crippen molar-refractivity contribution in [1.29, 1.82) is 5.26 Å². The van der Waals surface area contributed by atoms with Crippen molar-refractivity contribution in [2.45, 2.75) is 13.5 Å². The van der Waals surface area contributed by atoms with Crippen molar-refractivity contribution in [2.24, 2.45) is 5.92 Å². The summed E-state index contributed by atoms with van der Waals surface area (Å²) in [7, 11) is 0. The highest BCUT2D eigenvalue weighted by molar-refractivity contribution is 5.94. The second-order valence-corrected chi connectivity index (χ2v) is 6.97. The normalized spacial score (nSPS) is 13.9. The van der Waals surface area contributed by atoms with Crippen LogP contribution < -0.4 is 0 Å². The number of rotatable bonds is 4. The summed E-state index contributed by atoms with van der Waals surface area (Å²) < 4.78 is 2.24. The van der Waals surface area contributed by atoms with Crippen LogP contribution in [0.2, 0.25) is 0 Å². The Labute approximate surface area is 158 Å². The van der Waals surface area contributed by atoms with E-state index >= 15 is 0 Å². The van der Waals surface area contributed by atoms with E-state index in [1.54, 1.807) is 24.3 Å². The molecular formula is C22H20N4O. The van der Waals surface area contributed by atoms with Crippen LogP contribution in [0.4, 0.5) is 0 Å². The Hall–Kier alpha value is -3.39. The molecule has 1 aliphatic heterocycles. The predicted octanol–water partition coefficient (Wildman–Crippen LogP) is 3.50. The molecule has 1 amide bonds. The van der Waals surface area contributed by atoms with Gasteiger partial charge in [0.15, 0.2) is 0 Å². The van der Waals surface area contributed by atoms with Gasteiger partial charge in [-0.3, -0.25) is 4.79 Å². The van der Waals surface area contributed by atoms with Crippen LogP contribution in [0.5, 0.6) is 0 Å². The van der Waals surface area contributed by atoms with Gasteiger partial charge in [-0.05, 0) is 31.2 Å². The molecule has 1 fully saturated rings. The Kier molecular flexibility index (Phi) is 4.47. The smallest absolute Gasteiger partial charge is 0.253 e. The van der Waals surface area contributed by atoms with Crippen LogP contribution in [0.3, 0.4) is 0 Å². The average molecular weight is 356 g/mol. The van der Waals surface area contributed by atoms with E-state index in [0.717, 1.165) is 36.7 Å². The van der Waals surface area contributed by atoms with Crippen LogP contribution in [0.1, 0.15) is 21.6 Å². The average Bonchev–Trinajstić information content (AvgIpc) is 3.05.